The molecule has 3 rings (SSSR count). The van der Waals surface area contributed by atoms with Crippen molar-refractivity contribution in [2.45, 2.75) is 26.7 Å². The molecule has 134 valence electrons. The zero-order valence-electron chi connectivity index (χ0n) is 15.5. The van der Waals surface area contributed by atoms with E-state index in [4.69, 9.17) is 0 Å². The average molecular weight is 346 g/mol. The zero-order chi connectivity index (χ0) is 18.4. The Balaban J connectivity index is 1.96. The predicted molar refractivity (Wildman–Crippen MR) is 109 cm³/mol. The Kier molecular flexibility index (Phi) is 6.03. The standard InChI is InChI=1S/C23H26N2O/c1-3-8-19-15-20(12-11-17(19)4-2)23(26)25-22(21-13-14-24-16-21)18-9-6-5-7-10-18/h4-12,15,24H,3,13-14,16H2,1-2H3,(H,25,26)/b17-4-,19-8-,22-21-. The first kappa shape index (κ1) is 18.2. The second kappa shape index (κ2) is 8.63. The summed E-state index contributed by atoms with van der Waals surface area (Å²) in [5.74, 6) is -0.0586. The summed E-state index contributed by atoms with van der Waals surface area (Å²) in [4.78, 5) is 13.0. The molecular formula is C23H26N2O. The summed E-state index contributed by atoms with van der Waals surface area (Å²) in [6, 6.07) is 16.0. The number of amides is 1. The molecule has 1 aliphatic heterocycles. The summed E-state index contributed by atoms with van der Waals surface area (Å²) in [7, 11) is 0. The van der Waals surface area contributed by atoms with Crippen molar-refractivity contribution >= 4 is 23.8 Å². The van der Waals surface area contributed by atoms with E-state index in [0.717, 1.165) is 47.6 Å². The minimum Gasteiger partial charge on any atom is -0.321 e. The molecule has 2 aromatic carbocycles. The van der Waals surface area contributed by atoms with Crippen LogP contribution in [0.25, 0.3) is 17.8 Å². The molecule has 0 unspecified atom stereocenters. The summed E-state index contributed by atoms with van der Waals surface area (Å²) in [5.41, 5.74) is 3.94. The fourth-order valence-corrected chi connectivity index (χ4v) is 3.31. The normalized spacial score (nSPS) is 17.5. The number of carbonyl (C=O) groups excluding carboxylic acids is 1. The SMILES string of the molecule is C/C=c1/ccc(C(=O)N/C(=C2/CCNC2)c2ccccc2)c/c1=C/CC. The van der Waals surface area contributed by atoms with Crippen LogP contribution in [0.2, 0.25) is 0 Å². The minimum absolute atomic E-state index is 0.0586. The van der Waals surface area contributed by atoms with Gasteiger partial charge < -0.3 is 10.6 Å². The van der Waals surface area contributed by atoms with Gasteiger partial charge in [0.2, 0.25) is 0 Å². The number of carbonyl (C=O) groups is 1. The third kappa shape index (κ3) is 4.12. The van der Waals surface area contributed by atoms with Crippen LogP contribution in [0.1, 0.15) is 42.6 Å². The van der Waals surface area contributed by atoms with Crippen molar-refractivity contribution in [1.82, 2.24) is 10.6 Å². The van der Waals surface area contributed by atoms with Gasteiger partial charge in [0.15, 0.2) is 0 Å². The van der Waals surface area contributed by atoms with Gasteiger partial charge in [0, 0.05) is 17.8 Å². The summed E-state index contributed by atoms with van der Waals surface area (Å²) < 4.78 is 0. The van der Waals surface area contributed by atoms with Crippen LogP contribution in [0.4, 0.5) is 0 Å². The van der Waals surface area contributed by atoms with Crippen molar-refractivity contribution in [3.8, 4) is 0 Å². The quantitative estimate of drug-likeness (QED) is 0.894. The maximum absolute atomic E-state index is 13.0. The highest BCUT2D eigenvalue weighted by molar-refractivity contribution is 6.00. The van der Waals surface area contributed by atoms with Crippen LogP contribution >= 0.6 is 0 Å². The summed E-state index contributed by atoms with van der Waals surface area (Å²) in [6.45, 7) is 5.91. The largest absolute Gasteiger partial charge is 0.321 e. The number of nitrogens with one attached hydrogen (secondary N) is 2. The van der Waals surface area contributed by atoms with Crippen molar-refractivity contribution < 1.29 is 4.79 Å². The summed E-state index contributed by atoms with van der Waals surface area (Å²) in [6.07, 6.45) is 6.13. The molecule has 1 amide bonds. The zero-order valence-corrected chi connectivity index (χ0v) is 15.5. The van der Waals surface area contributed by atoms with Gasteiger partial charge in [-0.2, -0.15) is 0 Å². The lowest BCUT2D eigenvalue weighted by Gasteiger charge is -2.14. The van der Waals surface area contributed by atoms with Gasteiger partial charge in [0.05, 0.1) is 0 Å². The lowest BCUT2D eigenvalue weighted by molar-refractivity contribution is 0.0973. The van der Waals surface area contributed by atoms with Gasteiger partial charge in [-0.25, -0.2) is 0 Å². The third-order valence-electron chi connectivity index (χ3n) is 4.68. The van der Waals surface area contributed by atoms with E-state index in [1.54, 1.807) is 0 Å². The molecule has 3 nitrogen and oxygen atoms in total. The molecule has 0 bridgehead atoms. The highest BCUT2D eigenvalue weighted by atomic mass is 16.1. The van der Waals surface area contributed by atoms with E-state index in [2.05, 4.69) is 29.7 Å². The molecule has 0 aromatic heterocycles. The molecule has 0 aliphatic carbocycles. The Labute approximate surface area is 155 Å². The molecule has 26 heavy (non-hydrogen) atoms. The Hall–Kier alpha value is -2.65. The van der Waals surface area contributed by atoms with Gasteiger partial charge in [-0.1, -0.05) is 55.5 Å². The number of benzene rings is 2. The Morgan fingerprint density at radius 3 is 2.58 bits per heavy atom. The Morgan fingerprint density at radius 2 is 1.92 bits per heavy atom. The summed E-state index contributed by atoms with van der Waals surface area (Å²) >= 11 is 0. The molecule has 0 radical (unpaired) electrons. The first-order valence-electron chi connectivity index (χ1n) is 9.29. The number of rotatable bonds is 4. The van der Waals surface area contributed by atoms with Crippen molar-refractivity contribution in [2.75, 3.05) is 13.1 Å². The molecule has 0 saturated carbocycles. The maximum atomic E-state index is 13.0. The predicted octanol–water partition coefficient (Wildman–Crippen LogP) is 2.81. The van der Waals surface area contributed by atoms with E-state index < -0.39 is 0 Å². The monoisotopic (exact) mass is 346 g/mol. The summed E-state index contributed by atoms with van der Waals surface area (Å²) in [5, 5.41) is 8.80. The van der Waals surface area contributed by atoms with Crippen LogP contribution in [0.15, 0.2) is 54.1 Å². The molecule has 2 aromatic rings. The van der Waals surface area contributed by atoms with E-state index in [-0.39, 0.29) is 5.91 Å². The minimum atomic E-state index is -0.0586. The van der Waals surface area contributed by atoms with Gasteiger partial charge in [0.1, 0.15) is 0 Å². The molecule has 1 saturated heterocycles. The smallest absolute Gasteiger partial charge is 0.255 e. The van der Waals surface area contributed by atoms with Crippen LogP contribution in [0, 0.1) is 0 Å². The molecule has 1 heterocycles. The van der Waals surface area contributed by atoms with Gasteiger partial charge in [-0.05, 0) is 60.0 Å². The first-order valence-corrected chi connectivity index (χ1v) is 9.29. The van der Waals surface area contributed by atoms with Crippen LogP contribution in [-0.2, 0) is 0 Å². The van der Waals surface area contributed by atoms with Gasteiger partial charge in [-0.15, -0.1) is 0 Å². The van der Waals surface area contributed by atoms with Crippen molar-refractivity contribution in [3.63, 3.8) is 0 Å². The molecule has 1 fully saturated rings. The van der Waals surface area contributed by atoms with Crippen LogP contribution in [0.5, 0.6) is 0 Å². The second-order valence-electron chi connectivity index (χ2n) is 6.47. The average Bonchev–Trinajstić information content (AvgIpc) is 3.21. The van der Waals surface area contributed by atoms with Crippen molar-refractivity contribution in [1.29, 1.82) is 0 Å². The van der Waals surface area contributed by atoms with Gasteiger partial charge >= 0.3 is 0 Å². The number of hydrogen-bond donors (Lipinski definition) is 2. The van der Waals surface area contributed by atoms with Crippen molar-refractivity contribution in [2.24, 2.45) is 0 Å². The van der Waals surface area contributed by atoms with Crippen LogP contribution in [0.3, 0.4) is 0 Å². The highest BCUT2D eigenvalue weighted by Gasteiger charge is 2.16. The van der Waals surface area contributed by atoms with Crippen LogP contribution < -0.4 is 21.1 Å². The van der Waals surface area contributed by atoms with E-state index in [1.807, 2.05) is 55.5 Å². The van der Waals surface area contributed by atoms with Crippen LogP contribution in [-0.4, -0.2) is 19.0 Å². The number of hydrogen-bond acceptors (Lipinski definition) is 2. The molecule has 1 aliphatic rings. The third-order valence-corrected chi connectivity index (χ3v) is 4.68. The van der Waals surface area contributed by atoms with E-state index >= 15 is 0 Å². The molecule has 2 N–H and O–H groups in total. The molecule has 0 spiro atoms. The Morgan fingerprint density at radius 1 is 1.12 bits per heavy atom. The lowest BCUT2D eigenvalue weighted by Crippen LogP contribution is -2.29. The van der Waals surface area contributed by atoms with Gasteiger partial charge in [-0.3, -0.25) is 4.79 Å². The maximum Gasteiger partial charge on any atom is 0.255 e. The van der Waals surface area contributed by atoms with E-state index in [9.17, 15) is 4.79 Å². The molecule has 3 heteroatoms. The second-order valence-corrected chi connectivity index (χ2v) is 6.47. The van der Waals surface area contributed by atoms with Crippen molar-refractivity contribution in [3.05, 3.63) is 75.7 Å². The lowest BCUT2D eigenvalue weighted by atomic mass is 10.0. The topological polar surface area (TPSA) is 41.1 Å². The fourth-order valence-electron chi connectivity index (χ4n) is 3.31. The molecule has 0 atom stereocenters. The van der Waals surface area contributed by atoms with E-state index in [0.29, 0.717) is 5.56 Å². The Bertz CT molecular complexity index is 918. The fraction of sp³-hybridized carbons (Fsp3) is 0.261. The van der Waals surface area contributed by atoms with E-state index in [1.165, 1.54) is 5.57 Å². The molecular weight excluding hydrogens is 320 g/mol. The first-order chi connectivity index (χ1) is 12.7. The van der Waals surface area contributed by atoms with Gasteiger partial charge in [0.25, 0.3) is 5.91 Å². The highest BCUT2D eigenvalue weighted by Crippen LogP contribution is 2.20.